The molecule has 0 aliphatic carbocycles. The molecule has 1 aromatic rings. The van der Waals surface area contributed by atoms with Gasteiger partial charge in [0.2, 0.25) is 0 Å². The molecule has 0 aliphatic rings. The van der Waals surface area contributed by atoms with Gasteiger partial charge < -0.3 is 5.11 Å². The van der Waals surface area contributed by atoms with Gasteiger partial charge in [0.25, 0.3) is 0 Å². The molecule has 14 heavy (non-hydrogen) atoms. The normalized spacial score (nSPS) is 9.21. The molecule has 1 rings (SSSR count). The van der Waals surface area contributed by atoms with E-state index in [0.29, 0.717) is 11.4 Å². The van der Waals surface area contributed by atoms with Gasteiger partial charge in [-0.3, -0.25) is 4.79 Å². The first-order chi connectivity index (χ1) is 6.72. The molecule has 1 heterocycles. The summed E-state index contributed by atoms with van der Waals surface area (Å²) < 4.78 is 0.879. The molecule has 0 saturated carbocycles. The molecule has 0 fully saturated rings. The first-order valence-electron chi connectivity index (χ1n) is 3.91. The lowest BCUT2D eigenvalue weighted by Gasteiger charge is -1.88. The molecular weight excluding hydrogens is 218 g/mol. The van der Waals surface area contributed by atoms with Gasteiger partial charge in [-0.15, -0.1) is 17.3 Å². The van der Waals surface area contributed by atoms with Crippen molar-refractivity contribution in [2.45, 2.75) is 17.7 Å². The van der Waals surface area contributed by atoms with Crippen LogP contribution in [-0.4, -0.2) is 21.8 Å². The lowest BCUT2D eigenvalue weighted by Crippen LogP contribution is -1.99. The Balaban J connectivity index is 2.49. The third-order valence-electron chi connectivity index (χ3n) is 1.31. The molecule has 0 unspecified atom stereocenters. The Morgan fingerprint density at radius 3 is 3.21 bits per heavy atom. The highest BCUT2D eigenvalue weighted by molar-refractivity contribution is 8.01. The van der Waals surface area contributed by atoms with Gasteiger partial charge in [-0.1, -0.05) is 17.7 Å². The predicted octanol–water partition coefficient (Wildman–Crippen LogP) is 1.89. The summed E-state index contributed by atoms with van der Waals surface area (Å²) in [6, 6.07) is 0. The van der Waals surface area contributed by atoms with Gasteiger partial charge in [0, 0.05) is 5.38 Å². The fourth-order valence-electron chi connectivity index (χ4n) is 0.761. The van der Waals surface area contributed by atoms with Crippen molar-refractivity contribution in [3.8, 4) is 11.8 Å². The summed E-state index contributed by atoms with van der Waals surface area (Å²) in [5, 5.41) is 10.3. The van der Waals surface area contributed by atoms with E-state index in [1.165, 1.54) is 23.1 Å². The Hall–Kier alpha value is -0.990. The molecule has 74 valence electrons. The first-order valence-corrected chi connectivity index (χ1v) is 5.77. The van der Waals surface area contributed by atoms with Crippen LogP contribution in [0.15, 0.2) is 9.72 Å². The number of rotatable bonds is 4. The maximum atomic E-state index is 10.4. The summed E-state index contributed by atoms with van der Waals surface area (Å²) in [5.41, 5.74) is 0.620. The number of hydrogen-bond acceptors (Lipinski definition) is 4. The van der Waals surface area contributed by atoms with Crippen LogP contribution in [0.3, 0.4) is 0 Å². The lowest BCUT2D eigenvalue weighted by molar-refractivity contribution is -0.136. The van der Waals surface area contributed by atoms with E-state index < -0.39 is 5.97 Å². The zero-order valence-electron chi connectivity index (χ0n) is 7.61. The molecule has 0 saturated heterocycles. The summed E-state index contributed by atoms with van der Waals surface area (Å²) in [6.07, 6.45) is -0.00346. The predicted molar refractivity (Wildman–Crippen MR) is 57.6 cm³/mol. The maximum Gasteiger partial charge on any atom is 0.309 e. The van der Waals surface area contributed by atoms with Gasteiger partial charge in [-0.05, 0) is 6.92 Å². The molecule has 0 radical (unpaired) electrons. The van der Waals surface area contributed by atoms with Gasteiger partial charge in [0.15, 0.2) is 4.34 Å². The molecular formula is C9H9NO2S2. The van der Waals surface area contributed by atoms with Crippen molar-refractivity contribution in [3.63, 3.8) is 0 Å². The van der Waals surface area contributed by atoms with Crippen molar-refractivity contribution in [1.82, 2.24) is 4.98 Å². The second kappa shape index (κ2) is 5.68. The topological polar surface area (TPSA) is 50.2 Å². The van der Waals surface area contributed by atoms with Gasteiger partial charge in [-0.25, -0.2) is 4.98 Å². The van der Waals surface area contributed by atoms with Gasteiger partial charge >= 0.3 is 5.97 Å². The highest BCUT2D eigenvalue weighted by atomic mass is 32.2. The van der Waals surface area contributed by atoms with Crippen LogP contribution < -0.4 is 0 Å². The zero-order chi connectivity index (χ0) is 10.4. The summed E-state index contributed by atoms with van der Waals surface area (Å²) in [7, 11) is 0. The third-order valence-corrected chi connectivity index (χ3v) is 3.26. The number of carboxylic acids is 1. The van der Waals surface area contributed by atoms with Crippen LogP contribution in [0.5, 0.6) is 0 Å². The standard InChI is InChI=1S/C9H9NO2S2/c1-2-3-4-13-9-10-7(6-14-9)5-8(11)12/h6H,4-5H2,1H3,(H,11,12). The smallest absolute Gasteiger partial charge is 0.309 e. The van der Waals surface area contributed by atoms with Gasteiger partial charge in [-0.2, -0.15) is 0 Å². The molecule has 1 N–H and O–H groups in total. The van der Waals surface area contributed by atoms with E-state index in [2.05, 4.69) is 16.8 Å². The van der Waals surface area contributed by atoms with E-state index in [4.69, 9.17) is 5.11 Å². The minimum absolute atomic E-state index is 0.00346. The van der Waals surface area contributed by atoms with E-state index in [1.54, 1.807) is 12.3 Å². The second-order valence-electron chi connectivity index (χ2n) is 2.39. The van der Waals surface area contributed by atoms with Crippen molar-refractivity contribution in [1.29, 1.82) is 0 Å². The van der Waals surface area contributed by atoms with Crippen LogP contribution in [0, 0.1) is 11.8 Å². The lowest BCUT2D eigenvalue weighted by atomic mass is 10.3. The SMILES string of the molecule is CC#CCSc1nc(CC(=O)O)cs1. The second-order valence-corrected chi connectivity index (χ2v) is 4.47. The number of aliphatic carboxylic acids is 1. The largest absolute Gasteiger partial charge is 0.481 e. The van der Waals surface area contributed by atoms with Crippen LogP contribution >= 0.6 is 23.1 Å². The number of nitrogens with zero attached hydrogens (tertiary/aromatic N) is 1. The molecule has 0 aromatic carbocycles. The molecule has 0 bridgehead atoms. The molecule has 0 spiro atoms. The maximum absolute atomic E-state index is 10.4. The third kappa shape index (κ3) is 3.81. The Kier molecular flexibility index (Phi) is 4.50. The molecule has 0 amide bonds. The molecule has 0 aliphatic heterocycles. The summed E-state index contributed by atoms with van der Waals surface area (Å²) in [4.78, 5) is 14.5. The minimum Gasteiger partial charge on any atom is -0.481 e. The number of carboxylic acid groups (broad SMARTS) is 1. The Morgan fingerprint density at radius 1 is 1.79 bits per heavy atom. The number of aromatic nitrogens is 1. The first kappa shape index (κ1) is 11.1. The summed E-state index contributed by atoms with van der Waals surface area (Å²) in [5.74, 6) is 5.56. The highest BCUT2D eigenvalue weighted by Crippen LogP contribution is 2.22. The van der Waals surface area contributed by atoms with E-state index in [0.717, 1.165) is 4.34 Å². The highest BCUT2D eigenvalue weighted by Gasteiger charge is 2.05. The van der Waals surface area contributed by atoms with Crippen LogP contribution in [-0.2, 0) is 11.2 Å². The average molecular weight is 227 g/mol. The molecule has 5 heteroatoms. The summed E-state index contributed by atoms with van der Waals surface area (Å²) in [6.45, 7) is 1.79. The van der Waals surface area contributed by atoms with Gasteiger partial charge in [0.1, 0.15) is 0 Å². The Morgan fingerprint density at radius 2 is 2.57 bits per heavy atom. The van der Waals surface area contributed by atoms with Crippen LogP contribution in [0.25, 0.3) is 0 Å². The van der Waals surface area contributed by atoms with Crippen LogP contribution in [0.2, 0.25) is 0 Å². The van der Waals surface area contributed by atoms with Crippen molar-refractivity contribution in [2.75, 3.05) is 5.75 Å². The average Bonchev–Trinajstić information content (AvgIpc) is 2.52. The Labute approximate surface area is 90.6 Å². The molecule has 0 atom stereocenters. The fourth-order valence-corrected chi connectivity index (χ4v) is 2.42. The van der Waals surface area contributed by atoms with Gasteiger partial charge in [0.05, 0.1) is 17.9 Å². The monoisotopic (exact) mass is 227 g/mol. The Bertz CT molecular complexity index is 376. The van der Waals surface area contributed by atoms with Crippen LogP contribution in [0.1, 0.15) is 12.6 Å². The molecule has 1 aromatic heterocycles. The van der Waals surface area contributed by atoms with E-state index in [-0.39, 0.29) is 6.42 Å². The number of thioether (sulfide) groups is 1. The zero-order valence-corrected chi connectivity index (χ0v) is 9.24. The van der Waals surface area contributed by atoms with E-state index in [9.17, 15) is 4.79 Å². The summed E-state index contributed by atoms with van der Waals surface area (Å²) >= 11 is 3.00. The molecule has 3 nitrogen and oxygen atoms in total. The minimum atomic E-state index is -0.847. The van der Waals surface area contributed by atoms with E-state index >= 15 is 0 Å². The number of hydrogen-bond donors (Lipinski definition) is 1. The number of carbonyl (C=O) groups is 1. The van der Waals surface area contributed by atoms with Crippen molar-refractivity contribution < 1.29 is 9.90 Å². The fraction of sp³-hybridized carbons (Fsp3) is 0.333. The van der Waals surface area contributed by atoms with Crippen molar-refractivity contribution >= 4 is 29.1 Å². The van der Waals surface area contributed by atoms with Crippen molar-refractivity contribution in [3.05, 3.63) is 11.1 Å². The van der Waals surface area contributed by atoms with E-state index in [1.807, 2.05) is 0 Å². The van der Waals surface area contributed by atoms with Crippen molar-refractivity contribution in [2.24, 2.45) is 0 Å². The number of thiazole rings is 1. The van der Waals surface area contributed by atoms with Crippen LogP contribution in [0.4, 0.5) is 0 Å². The quantitative estimate of drug-likeness (QED) is 0.630.